The van der Waals surface area contributed by atoms with Crippen molar-refractivity contribution >= 4 is 11.8 Å². The lowest BCUT2D eigenvalue weighted by Gasteiger charge is -2.24. The van der Waals surface area contributed by atoms with Crippen LogP contribution in [0, 0.1) is 0 Å². The molecule has 1 aromatic carbocycles. The molecule has 0 aliphatic carbocycles. The van der Waals surface area contributed by atoms with Crippen LogP contribution < -0.4 is 15.1 Å². The van der Waals surface area contributed by atoms with Crippen molar-refractivity contribution in [1.82, 2.24) is 5.43 Å². The Labute approximate surface area is 143 Å². The summed E-state index contributed by atoms with van der Waals surface area (Å²) in [4.78, 5) is 12.9. The number of ether oxygens (including phenoxy) is 2. The van der Waals surface area contributed by atoms with Crippen LogP contribution in [-0.4, -0.2) is 38.6 Å². The van der Waals surface area contributed by atoms with Crippen molar-refractivity contribution in [3.05, 3.63) is 29.3 Å². The van der Waals surface area contributed by atoms with Gasteiger partial charge in [-0.25, -0.2) is 10.2 Å². The fraction of sp³-hybridized carbons (Fsp3) is 0.556. The SMILES string of the molecule is CCOC(=O)N/N=C(/C)c1ccc(OC)c(C[NH+]2CCCCC2)c1. The first-order valence-electron chi connectivity index (χ1n) is 8.62. The van der Waals surface area contributed by atoms with E-state index in [1.54, 1.807) is 18.9 Å². The van der Waals surface area contributed by atoms with Gasteiger partial charge in [0.05, 0.1) is 32.5 Å². The first kappa shape index (κ1) is 18.3. The minimum Gasteiger partial charge on any atom is -0.496 e. The van der Waals surface area contributed by atoms with Crippen LogP contribution in [0.2, 0.25) is 0 Å². The molecule has 6 heteroatoms. The van der Waals surface area contributed by atoms with E-state index in [9.17, 15) is 4.79 Å². The zero-order valence-corrected chi connectivity index (χ0v) is 14.9. The van der Waals surface area contributed by atoms with Crippen molar-refractivity contribution in [3.63, 3.8) is 0 Å². The van der Waals surface area contributed by atoms with Crippen LogP contribution in [0.3, 0.4) is 0 Å². The molecular formula is C18H28N3O3+. The van der Waals surface area contributed by atoms with E-state index in [0.717, 1.165) is 23.6 Å². The first-order chi connectivity index (χ1) is 11.6. The molecule has 6 nitrogen and oxygen atoms in total. The number of nitrogens with one attached hydrogen (secondary N) is 2. The fourth-order valence-electron chi connectivity index (χ4n) is 3.00. The van der Waals surface area contributed by atoms with Crippen molar-refractivity contribution in [2.45, 2.75) is 39.7 Å². The highest BCUT2D eigenvalue weighted by molar-refractivity contribution is 5.99. The van der Waals surface area contributed by atoms with E-state index in [2.05, 4.69) is 16.6 Å². The molecule has 1 heterocycles. The molecule has 0 saturated carbocycles. The zero-order valence-electron chi connectivity index (χ0n) is 14.9. The van der Waals surface area contributed by atoms with Crippen LogP contribution in [0.25, 0.3) is 0 Å². The third-order valence-electron chi connectivity index (χ3n) is 4.29. The highest BCUT2D eigenvalue weighted by Crippen LogP contribution is 2.20. The summed E-state index contributed by atoms with van der Waals surface area (Å²) in [5.74, 6) is 0.906. The Bertz CT molecular complexity index is 581. The molecule has 1 amide bonds. The Morgan fingerprint density at radius 3 is 2.71 bits per heavy atom. The number of quaternary nitrogens is 1. The van der Waals surface area contributed by atoms with Crippen molar-refractivity contribution < 1.29 is 19.2 Å². The minimum absolute atomic E-state index is 0.325. The van der Waals surface area contributed by atoms with Crippen LogP contribution in [0.1, 0.15) is 44.2 Å². The molecule has 1 saturated heterocycles. The van der Waals surface area contributed by atoms with E-state index < -0.39 is 6.09 Å². The number of piperidine rings is 1. The molecule has 1 aliphatic heterocycles. The molecule has 1 aliphatic rings. The largest absolute Gasteiger partial charge is 0.496 e. The zero-order chi connectivity index (χ0) is 17.4. The summed E-state index contributed by atoms with van der Waals surface area (Å²) < 4.78 is 10.3. The van der Waals surface area contributed by atoms with Crippen LogP contribution >= 0.6 is 0 Å². The van der Waals surface area contributed by atoms with Crippen LogP contribution in [-0.2, 0) is 11.3 Å². The summed E-state index contributed by atoms with van der Waals surface area (Å²) >= 11 is 0. The van der Waals surface area contributed by atoms with Gasteiger partial charge in [-0.3, -0.25) is 0 Å². The Hall–Kier alpha value is -2.08. The molecule has 0 radical (unpaired) electrons. The second-order valence-corrected chi connectivity index (χ2v) is 6.04. The highest BCUT2D eigenvalue weighted by Gasteiger charge is 2.17. The topological polar surface area (TPSA) is 64.4 Å². The van der Waals surface area contributed by atoms with Crippen molar-refractivity contribution in [1.29, 1.82) is 0 Å². The summed E-state index contributed by atoms with van der Waals surface area (Å²) in [5.41, 5.74) is 5.29. The third kappa shape index (κ3) is 5.23. The molecule has 2 rings (SSSR count). The monoisotopic (exact) mass is 334 g/mol. The second-order valence-electron chi connectivity index (χ2n) is 6.04. The predicted octanol–water partition coefficient (Wildman–Crippen LogP) is 1.73. The molecule has 0 unspecified atom stereocenters. The van der Waals surface area contributed by atoms with Crippen molar-refractivity contribution in [2.24, 2.45) is 5.10 Å². The summed E-state index contributed by atoms with van der Waals surface area (Å²) in [6.07, 6.45) is 3.39. The van der Waals surface area contributed by atoms with E-state index in [1.807, 2.05) is 19.1 Å². The van der Waals surface area contributed by atoms with Crippen LogP contribution in [0.15, 0.2) is 23.3 Å². The minimum atomic E-state index is -0.539. The van der Waals surface area contributed by atoms with E-state index in [0.29, 0.717) is 6.61 Å². The molecule has 0 aromatic heterocycles. The van der Waals surface area contributed by atoms with Gasteiger partial charge in [0.15, 0.2) is 0 Å². The average molecular weight is 334 g/mol. The lowest BCUT2D eigenvalue weighted by atomic mass is 10.0. The van der Waals surface area contributed by atoms with Gasteiger partial charge in [-0.05, 0) is 56.9 Å². The average Bonchev–Trinajstić information content (AvgIpc) is 2.61. The van der Waals surface area contributed by atoms with Crippen molar-refractivity contribution in [3.8, 4) is 5.75 Å². The van der Waals surface area contributed by atoms with Gasteiger partial charge >= 0.3 is 6.09 Å². The van der Waals surface area contributed by atoms with Gasteiger partial charge in [0.1, 0.15) is 12.3 Å². The van der Waals surface area contributed by atoms with Gasteiger partial charge in [0.2, 0.25) is 0 Å². The number of hydrogen-bond acceptors (Lipinski definition) is 4. The van der Waals surface area contributed by atoms with E-state index in [4.69, 9.17) is 9.47 Å². The molecule has 1 aromatic rings. The van der Waals surface area contributed by atoms with Gasteiger partial charge in [-0.1, -0.05) is 0 Å². The number of likely N-dealkylation sites (tertiary alicyclic amines) is 1. The normalized spacial score (nSPS) is 15.9. The molecule has 0 spiro atoms. The van der Waals surface area contributed by atoms with E-state index in [-0.39, 0.29) is 0 Å². The number of hydrogen-bond donors (Lipinski definition) is 2. The maximum Gasteiger partial charge on any atom is 0.427 e. The van der Waals surface area contributed by atoms with Crippen LogP contribution in [0.5, 0.6) is 5.75 Å². The van der Waals surface area contributed by atoms with E-state index in [1.165, 1.54) is 37.9 Å². The lowest BCUT2D eigenvalue weighted by Crippen LogP contribution is -3.11. The fourth-order valence-corrected chi connectivity index (χ4v) is 3.00. The number of hydrazone groups is 1. The molecule has 1 fully saturated rings. The summed E-state index contributed by atoms with van der Waals surface area (Å²) in [6.45, 7) is 7.33. The molecule has 24 heavy (non-hydrogen) atoms. The Morgan fingerprint density at radius 1 is 1.29 bits per heavy atom. The van der Waals surface area contributed by atoms with Gasteiger partial charge in [-0.2, -0.15) is 5.10 Å². The number of amides is 1. The Kier molecular flexibility index (Phi) is 7.06. The Balaban J connectivity index is 2.11. The second kappa shape index (κ2) is 9.27. The number of nitrogens with zero attached hydrogens (tertiary/aromatic N) is 1. The number of methoxy groups -OCH3 is 1. The number of carbonyl (C=O) groups excluding carboxylic acids is 1. The van der Waals surface area contributed by atoms with E-state index >= 15 is 0 Å². The highest BCUT2D eigenvalue weighted by atomic mass is 16.5. The standard InChI is InChI=1S/C18H27N3O3/c1-4-24-18(22)20-19-14(2)15-8-9-17(23-3)16(12-15)13-21-10-6-5-7-11-21/h8-9,12H,4-7,10-11,13H2,1-3H3,(H,20,22)/p+1/b19-14-. The maximum atomic E-state index is 11.3. The third-order valence-corrected chi connectivity index (χ3v) is 4.29. The predicted molar refractivity (Wildman–Crippen MR) is 93.6 cm³/mol. The first-order valence-corrected chi connectivity index (χ1v) is 8.62. The summed E-state index contributed by atoms with van der Waals surface area (Å²) in [6, 6.07) is 6.03. The molecule has 0 atom stereocenters. The quantitative estimate of drug-likeness (QED) is 0.615. The van der Waals surface area contributed by atoms with Gasteiger partial charge in [-0.15, -0.1) is 0 Å². The summed E-state index contributed by atoms with van der Waals surface area (Å²) in [7, 11) is 1.70. The molecule has 132 valence electrons. The van der Waals surface area contributed by atoms with Crippen LogP contribution in [0.4, 0.5) is 4.79 Å². The van der Waals surface area contributed by atoms with Crippen molar-refractivity contribution in [2.75, 3.05) is 26.8 Å². The molecular weight excluding hydrogens is 306 g/mol. The Morgan fingerprint density at radius 2 is 2.04 bits per heavy atom. The smallest absolute Gasteiger partial charge is 0.427 e. The summed E-state index contributed by atoms with van der Waals surface area (Å²) in [5, 5.41) is 4.10. The lowest BCUT2D eigenvalue weighted by molar-refractivity contribution is -0.918. The van der Waals surface area contributed by atoms with Gasteiger partial charge in [0, 0.05) is 5.56 Å². The molecule has 0 bridgehead atoms. The maximum absolute atomic E-state index is 11.3. The van der Waals surface area contributed by atoms with Gasteiger partial charge < -0.3 is 14.4 Å². The number of carbonyl (C=O) groups is 1. The molecule has 2 N–H and O–H groups in total. The van der Waals surface area contributed by atoms with Gasteiger partial charge in [0.25, 0.3) is 0 Å². The number of rotatable bonds is 6. The number of benzene rings is 1.